The van der Waals surface area contributed by atoms with Crippen molar-refractivity contribution < 1.29 is 4.39 Å². The lowest BCUT2D eigenvalue weighted by molar-refractivity contribution is 0.616. The highest BCUT2D eigenvalue weighted by molar-refractivity contribution is 9.10. The van der Waals surface area contributed by atoms with E-state index in [1.165, 1.54) is 17.0 Å². The van der Waals surface area contributed by atoms with Crippen molar-refractivity contribution in [1.82, 2.24) is 4.57 Å². The zero-order valence-electron chi connectivity index (χ0n) is 11.5. The lowest BCUT2D eigenvalue weighted by atomic mass is 10.1. The van der Waals surface area contributed by atoms with Crippen LogP contribution in [0, 0.1) is 5.82 Å². The summed E-state index contributed by atoms with van der Waals surface area (Å²) in [6, 6.07) is 13.4. The summed E-state index contributed by atoms with van der Waals surface area (Å²) < 4.78 is 16.3. The average molecular weight is 347 g/mol. The van der Waals surface area contributed by atoms with Crippen LogP contribution < -0.4 is 5.73 Å². The number of rotatable bonds is 4. The Labute approximate surface area is 131 Å². The second-order valence-corrected chi connectivity index (χ2v) is 5.84. The summed E-state index contributed by atoms with van der Waals surface area (Å²) in [5.74, 6) is -0.230. The number of hydrogen-bond acceptors (Lipinski definition) is 1. The van der Waals surface area contributed by atoms with E-state index in [1.807, 2.05) is 18.2 Å². The van der Waals surface area contributed by atoms with Crippen LogP contribution in [0.15, 0.2) is 53.1 Å². The second kappa shape index (κ2) is 6.00. The number of halogens is 2. The van der Waals surface area contributed by atoms with Crippen molar-refractivity contribution in [3.63, 3.8) is 0 Å². The van der Waals surface area contributed by atoms with Crippen LogP contribution in [-0.2, 0) is 13.0 Å². The molecule has 2 N–H and O–H groups in total. The number of para-hydroxylation sites is 1. The van der Waals surface area contributed by atoms with Gasteiger partial charge in [-0.3, -0.25) is 0 Å². The Balaban J connectivity index is 2.06. The molecule has 3 aromatic rings. The first kappa shape index (κ1) is 14.3. The summed E-state index contributed by atoms with van der Waals surface area (Å²) >= 11 is 3.33. The van der Waals surface area contributed by atoms with Crippen LogP contribution in [0.1, 0.15) is 11.1 Å². The molecular weight excluding hydrogens is 331 g/mol. The monoisotopic (exact) mass is 346 g/mol. The summed E-state index contributed by atoms with van der Waals surface area (Å²) in [5, 5.41) is 1.22. The Hall–Kier alpha value is -1.65. The molecule has 0 aliphatic heterocycles. The number of hydrogen-bond donors (Lipinski definition) is 1. The number of fused-ring (bicyclic) bond motifs is 1. The highest BCUT2D eigenvalue weighted by atomic mass is 79.9. The molecule has 0 radical (unpaired) electrons. The van der Waals surface area contributed by atoms with E-state index < -0.39 is 0 Å². The first-order valence-corrected chi connectivity index (χ1v) is 7.69. The first-order valence-electron chi connectivity index (χ1n) is 6.90. The molecule has 0 unspecified atom stereocenters. The molecule has 0 aliphatic rings. The molecule has 3 rings (SSSR count). The predicted octanol–water partition coefficient (Wildman–Crippen LogP) is 4.09. The van der Waals surface area contributed by atoms with Gasteiger partial charge in [0.15, 0.2) is 0 Å². The van der Waals surface area contributed by atoms with E-state index in [1.54, 1.807) is 6.07 Å². The van der Waals surface area contributed by atoms with Gasteiger partial charge in [0.05, 0.1) is 4.47 Å². The highest BCUT2D eigenvalue weighted by Gasteiger charge is 2.10. The first-order chi connectivity index (χ1) is 10.2. The van der Waals surface area contributed by atoms with Gasteiger partial charge in [-0.15, -0.1) is 0 Å². The average Bonchev–Trinajstić information content (AvgIpc) is 2.83. The maximum Gasteiger partial charge on any atom is 0.137 e. The molecule has 0 atom stereocenters. The number of nitrogens with two attached hydrogens (primary N) is 1. The molecule has 108 valence electrons. The zero-order valence-corrected chi connectivity index (χ0v) is 13.1. The summed E-state index contributed by atoms with van der Waals surface area (Å²) in [5.41, 5.74) is 9.00. The maximum absolute atomic E-state index is 13.6. The number of nitrogens with zero attached hydrogens (tertiary/aromatic N) is 1. The normalized spacial score (nSPS) is 11.2. The molecule has 1 aromatic heterocycles. The van der Waals surface area contributed by atoms with Crippen LogP contribution in [0.2, 0.25) is 0 Å². The molecule has 0 spiro atoms. The second-order valence-electron chi connectivity index (χ2n) is 5.05. The van der Waals surface area contributed by atoms with Gasteiger partial charge in [-0.25, -0.2) is 4.39 Å². The van der Waals surface area contributed by atoms with Gasteiger partial charge in [-0.05, 0) is 52.2 Å². The van der Waals surface area contributed by atoms with Gasteiger partial charge in [0.1, 0.15) is 5.82 Å². The summed E-state index contributed by atoms with van der Waals surface area (Å²) in [6.45, 7) is 1.25. The molecule has 0 fully saturated rings. The Morgan fingerprint density at radius 3 is 2.67 bits per heavy atom. The Morgan fingerprint density at radius 2 is 1.86 bits per heavy atom. The van der Waals surface area contributed by atoms with Gasteiger partial charge >= 0.3 is 0 Å². The van der Waals surface area contributed by atoms with E-state index in [9.17, 15) is 4.39 Å². The molecular formula is C17H16BrFN2. The predicted molar refractivity (Wildman–Crippen MR) is 87.9 cm³/mol. The van der Waals surface area contributed by atoms with Crippen molar-refractivity contribution in [2.24, 2.45) is 5.73 Å². The minimum absolute atomic E-state index is 0.230. The van der Waals surface area contributed by atoms with Gasteiger partial charge in [0, 0.05) is 23.6 Å². The van der Waals surface area contributed by atoms with Crippen LogP contribution in [0.4, 0.5) is 4.39 Å². The van der Waals surface area contributed by atoms with Crippen molar-refractivity contribution >= 4 is 26.8 Å². The van der Waals surface area contributed by atoms with E-state index >= 15 is 0 Å². The summed E-state index contributed by atoms with van der Waals surface area (Å²) in [4.78, 5) is 0. The van der Waals surface area contributed by atoms with E-state index in [-0.39, 0.29) is 5.82 Å². The van der Waals surface area contributed by atoms with Gasteiger partial charge in [0.2, 0.25) is 0 Å². The minimum Gasteiger partial charge on any atom is -0.343 e. The fraction of sp³-hybridized carbons (Fsp3) is 0.176. The molecule has 0 amide bonds. The number of benzene rings is 2. The molecule has 1 heterocycles. The van der Waals surface area contributed by atoms with Crippen LogP contribution >= 0.6 is 15.9 Å². The summed E-state index contributed by atoms with van der Waals surface area (Å²) in [6.07, 6.45) is 2.96. The minimum atomic E-state index is -0.230. The van der Waals surface area contributed by atoms with Gasteiger partial charge in [-0.1, -0.05) is 30.3 Å². The Kier molecular flexibility index (Phi) is 4.08. The Morgan fingerprint density at radius 1 is 1.05 bits per heavy atom. The van der Waals surface area contributed by atoms with E-state index in [4.69, 9.17) is 5.73 Å². The van der Waals surface area contributed by atoms with Crippen molar-refractivity contribution in [3.05, 3.63) is 70.1 Å². The van der Waals surface area contributed by atoms with E-state index in [0.29, 0.717) is 17.6 Å². The van der Waals surface area contributed by atoms with Gasteiger partial charge < -0.3 is 10.3 Å². The molecule has 4 heteroatoms. The molecule has 2 aromatic carbocycles. The van der Waals surface area contributed by atoms with Crippen LogP contribution in [0.5, 0.6) is 0 Å². The molecule has 21 heavy (non-hydrogen) atoms. The van der Waals surface area contributed by atoms with Crippen LogP contribution in [-0.4, -0.2) is 11.1 Å². The smallest absolute Gasteiger partial charge is 0.137 e. The van der Waals surface area contributed by atoms with Crippen molar-refractivity contribution in [2.45, 2.75) is 13.0 Å². The zero-order chi connectivity index (χ0) is 14.8. The topological polar surface area (TPSA) is 30.9 Å². The van der Waals surface area contributed by atoms with Crippen molar-refractivity contribution in [2.75, 3.05) is 6.54 Å². The highest BCUT2D eigenvalue weighted by Crippen LogP contribution is 2.26. The Bertz CT molecular complexity index is 780. The fourth-order valence-corrected chi connectivity index (χ4v) is 3.05. The molecule has 2 nitrogen and oxygen atoms in total. The molecule has 0 aliphatic carbocycles. The standard InChI is InChI=1S/C17H16BrFN2/c18-17-13(4-3-6-15(17)19)11-21-10-12(8-9-20)14-5-1-2-7-16(14)21/h1-7,10H,8-9,11,20H2. The van der Waals surface area contributed by atoms with Gasteiger partial charge in [-0.2, -0.15) is 0 Å². The maximum atomic E-state index is 13.6. The third kappa shape index (κ3) is 2.74. The van der Waals surface area contributed by atoms with Crippen molar-refractivity contribution in [3.8, 4) is 0 Å². The van der Waals surface area contributed by atoms with E-state index in [2.05, 4.69) is 38.8 Å². The number of aromatic nitrogens is 1. The SMILES string of the molecule is NCCc1cn(Cc2cccc(F)c2Br)c2ccccc12. The largest absolute Gasteiger partial charge is 0.343 e. The van der Waals surface area contributed by atoms with Crippen molar-refractivity contribution in [1.29, 1.82) is 0 Å². The molecule has 0 saturated heterocycles. The van der Waals surface area contributed by atoms with Crippen LogP contribution in [0.25, 0.3) is 10.9 Å². The van der Waals surface area contributed by atoms with E-state index in [0.717, 1.165) is 17.5 Å². The quantitative estimate of drug-likeness (QED) is 0.757. The van der Waals surface area contributed by atoms with Gasteiger partial charge in [0.25, 0.3) is 0 Å². The third-order valence-electron chi connectivity index (χ3n) is 3.66. The molecule has 0 bridgehead atoms. The third-order valence-corrected chi connectivity index (χ3v) is 4.55. The summed E-state index contributed by atoms with van der Waals surface area (Å²) in [7, 11) is 0. The van der Waals surface area contributed by atoms with Crippen LogP contribution in [0.3, 0.4) is 0 Å². The lowest BCUT2D eigenvalue weighted by Crippen LogP contribution is -2.02. The fourth-order valence-electron chi connectivity index (χ4n) is 2.66. The lowest BCUT2D eigenvalue weighted by Gasteiger charge is -2.08. The molecule has 0 saturated carbocycles.